The molecule has 0 spiro atoms. The lowest BCUT2D eigenvalue weighted by Gasteiger charge is -2.30. The highest BCUT2D eigenvalue weighted by Gasteiger charge is 2.33. The minimum Gasteiger partial charge on any atom is -0.455 e. The van der Waals surface area contributed by atoms with Gasteiger partial charge in [-0.2, -0.15) is 4.31 Å². The first-order valence-corrected chi connectivity index (χ1v) is 11.8. The molecule has 0 aromatic heterocycles. The van der Waals surface area contributed by atoms with Gasteiger partial charge in [0.25, 0.3) is 5.91 Å². The first-order valence-electron chi connectivity index (χ1n) is 9.97. The van der Waals surface area contributed by atoms with E-state index in [9.17, 15) is 18.0 Å². The van der Waals surface area contributed by atoms with E-state index in [1.54, 1.807) is 7.05 Å². The average Bonchev–Trinajstić information content (AvgIpc) is 2.78. The van der Waals surface area contributed by atoms with Crippen molar-refractivity contribution in [2.24, 2.45) is 5.92 Å². The van der Waals surface area contributed by atoms with Gasteiger partial charge in [-0.3, -0.25) is 9.59 Å². The largest absolute Gasteiger partial charge is 0.455 e. The number of piperidine rings is 1. The van der Waals surface area contributed by atoms with Crippen molar-refractivity contribution in [2.45, 2.75) is 24.3 Å². The predicted molar refractivity (Wildman–Crippen MR) is 117 cm³/mol. The summed E-state index contributed by atoms with van der Waals surface area (Å²) in [5.41, 5.74) is 0.985. The number of amides is 1. The third kappa shape index (κ3) is 6.06. The minimum atomic E-state index is -3.63. The van der Waals surface area contributed by atoms with Crippen LogP contribution in [-0.4, -0.2) is 56.2 Å². The monoisotopic (exact) mass is 464 g/mol. The van der Waals surface area contributed by atoms with Crippen LogP contribution < -0.4 is 0 Å². The van der Waals surface area contributed by atoms with Crippen LogP contribution in [0.15, 0.2) is 59.5 Å². The Labute approximate surface area is 187 Å². The number of ether oxygens (including phenoxy) is 1. The van der Waals surface area contributed by atoms with E-state index in [-0.39, 0.29) is 30.5 Å². The standard InChI is InChI=1S/C22H25ClN2O5S/c1-24(15-17-5-3-2-4-6-17)21(26)16-30-22(27)18-11-13-25(14-12-18)31(28,29)20-9-7-19(23)8-10-20/h2-10,18H,11-16H2,1H3. The van der Waals surface area contributed by atoms with Crippen molar-refractivity contribution in [3.8, 4) is 0 Å². The molecule has 1 aliphatic rings. The summed E-state index contributed by atoms with van der Waals surface area (Å²) >= 11 is 5.83. The van der Waals surface area contributed by atoms with Gasteiger partial charge in [0.1, 0.15) is 0 Å². The molecule has 1 saturated heterocycles. The zero-order chi connectivity index (χ0) is 22.4. The molecule has 0 atom stereocenters. The molecule has 0 N–H and O–H groups in total. The van der Waals surface area contributed by atoms with E-state index in [2.05, 4.69) is 0 Å². The van der Waals surface area contributed by atoms with E-state index < -0.39 is 21.9 Å². The Morgan fingerprint density at radius 2 is 1.68 bits per heavy atom. The Morgan fingerprint density at radius 1 is 1.06 bits per heavy atom. The summed E-state index contributed by atoms with van der Waals surface area (Å²) in [5, 5.41) is 0.462. The number of likely N-dealkylation sites (N-methyl/N-ethyl adjacent to an activating group) is 1. The van der Waals surface area contributed by atoms with E-state index in [0.717, 1.165) is 5.56 Å². The number of benzene rings is 2. The minimum absolute atomic E-state index is 0.171. The fourth-order valence-corrected chi connectivity index (χ4v) is 4.99. The molecule has 1 aliphatic heterocycles. The Kier molecular flexibility index (Phi) is 7.69. The van der Waals surface area contributed by atoms with Crippen LogP contribution in [0.1, 0.15) is 18.4 Å². The number of nitrogens with zero attached hydrogens (tertiary/aromatic N) is 2. The van der Waals surface area contributed by atoms with Crippen molar-refractivity contribution >= 4 is 33.5 Å². The number of rotatable bonds is 7. The van der Waals surface area contributed by atoms with Crippen LogP contribution in [0, 0.1) is 5.92 Å². The van der Waals surface area contributed by atoms with Crippen molar-refractivity contribution in [3.05, 3.63) is 65.2 Å². The van der Waals surface area contributed by atoms with Crippen LogP contribution in [0.2, 0.25) is 5.02 Å². The summed E-state index contributed by atoms with van der Waals surface area (Å²) in [4.78, 5) is 26.3. The lowest BCUT2D eigenvalue weighted by atomic mass is 9.98. The molecule has 1 fully saturated rings. The summed E-state index contributed by atoms with van der Waals surface area (Å²) in [5.74, 6) is -1.19. The fraction of sp³-hybridized carbons (Fsp3) is 0.364. The predicted octanol–water partition coefficient (Wildman–Crippen LogP) is 2.94. The molecule has 1 amide bonds. The molecule has 2 aromatic carbocycles. The Balaban J connectivity index is 1.46. The fourth-order valence-electron chi connectivity index (χ4n) is 3.39. The molecule has 3 rings (SSSR count). The maximum absolute atomic E-state index is 12.7. The molecule has 0 unspecified atom stereocenters. The number of carbonyl (C=O) groups is 2. The number of esters is 1. The van der Waals surface area contributed by atoms with Gasteiger partial charge in [0.15, 0.2) is 6.61 Å². The topological polar surface area (TPSA) is 84.0 Å². The lowest BCUT2D eigenvalue weighted by Crippen LogP contribution is -2.41. The van der Waals surface area contributed by atoms with Gasteiger partial charge in [-0.15, -0.1) is 0 Å². The van der Waals surface area contributed by atoms with Crippen LogP contribution >= 0.6 is 11.6 Å². The van der Waals surface area contributed by atoms with Gasteiger partial charge < -0.3 is 9.64 Å². The summed E-state index contributed by atoms with van der Waals surface area (Å²) < 4.78 is 32.0. The van der Waals surface area contributed by atoms with Gasteiger partial charge in [-0.1, -0.05) is 41.9 Å². The first kappa shape index (κ1) is 23.2. The lowest BCUT2D eigenvalue weighted by molar-refractivity contribution is -0.156. The Morgan fingerprint density at radius 3 is 2.29 bits per heavy atom. The van der Waals surface area contributed by atoms with Crippen LogP contribution in [0.5, 0.6) is 0 Å². The molecular weight excluding hydrogens is 440 g/mol. The van der Waals surface area contributed by atoms with E-state index in [1.807, 2.05) is 30.3 Å². The van der Waals surface area contributed by atoms with Gasteiger partial charge in [0, 0.05) is 31.7 Å². The molecule has 7 nitrogen and oxygen atoms in total. The number of carbonyl (C=O) groups excluding carboxylic acids is 2. The van der Waals surface area contributed by atoms with Crippen LogP contribution in [-0.2, 0) is 30.9 Å². The highest BCUT2D eigenvalue weighted by molar-refractivity contribution is 7.89. The summed E-state index contributed by atoms with van der Waals surface area (Å²) in [6.07, 6.45) is 0.694. The number of sulfonamides is 1. The van der Waals surface area contributed by atoms with Crippen LogP contribution in [0.3, 0.4) is 0 Å². The quantitative estimate of drug-likeness (QED) is 0.588. The maximum Gasteiger partial charge on any atom is 0.309 e. The normalized spacial score (nSPS) is 15.4. The zero-order valence-corrected chi connectivity index (χ0v) is 18.8. The highest BCUT2D eigenvalue weighted by atomic mass is 35.5. The van der Waals surface area contributed by atoms with Crippen molar-refractivity contribution < 1.29 is 22.7 Å². The first-order chi connectivity index (χ1) is 14.8. The molecule has 31 heavy (non-hydrogen) atoms. The van der Waals surface area contributed by atoms with E-state index >= 15 is 0 Å². The van der Waals surface area contributed by atoms with Gasteiger partial charge in [-0.25, -0.2) is 8.42 Å². The molecule has 1 heterocycles. The summed E-state index contributed by atoms with van der Waals surface area (Å²) in [6.45, 7) is 0.531. The molecule has 0 saturated carbocycles. The smallest absolute Gasteiger partial charge is 0.309 e. The van der Waals surface area contributed by atoms with E-state index in [4.69, 9.17) is 16.3 Å². The molecule has 166 valence electrons. The summed E-state index contributed by atoms with van der Waals surface area (Å²) in [6, 6.07) is 15.5. The van der Waals surface area contributed by atoms with Crippen LogP contribution in [0.4, 0.5) is 0 Å². The third-order valence-corrected chi connectivity index (χ3v) is 7.43. The molecule has 0 bridgehead atoms. The molecular formula is C22H25ClN2O5S. The molecule has 9 heteroatoms. The second-order valence-electron chi connectivity index (χ2n) is 7.48. The Bertz CT molecular complexity index is 1000. The van der Waals surface area contributed by atoms with Gasteiger partial charge in [0.2, 0.25) is 10.0 Å². The third-order valence-electron chi connectivity index (χ3n) is 5.26. The second kappa shape index (κ2) is 10.3. The SMILES string of the molecule is CN(Cc1ccccc1)C(=O)COC(=O)C1CCN(S(=O)(=O)c2ccc(Cl)cc2)CC1. The number of hydrogen-bond acceptors (Lipinski definition) is 5. The number of halogens is 1. The van der Waals surface area contributed by atoms with Crippen molar-refractivity contribution in [3.63, 3.8) is 0 Å². The Hall–Kier alpha value is -2.42. The van der Waals surface area contributed by atoms with E-state index in [0.29, 0.717) is 24.4 Å². The van der Waals surface area contributed by atoms with Gasteiger partial charge in [0.05, 0.1) is 10.8 Å². The molecule has 0 aliphatic carbocycles. The van der Waals surface area contributed by atoms with Crippen LogP contribution in [0.25, 0.3) is 0 Å². The van der Waals surface area contributed by atoms with Crippen molar-refractivity contribution in [1.82, 2.24) is 9.21 Å². The van der Waals surface area contributed by atoms with E-state index in [1.165, 1.54) is 33.5 Å². The number of hydrogen-bond donors (Lipinski definition) is 0. The summed E-state index contributed by atoms with van der Waals surface area (Å²) in [7, 11) is -1.98. The second-order valence-corrected chi connectivity index (χ2v) is 9.85. The van der Waals surface area contributed by atoms with Crippen molar-refractivity contribution in [2.75, 3.05) is 26.7 Å². The van der Waals surface area contributed by atoms with Gasteiger partial charge >= 0.3 is 5.97 Å². The zero-order valence-electron chi connectivity index (χ0n) is 17.2. The highest BCUT2D eigenvalue weighted by Crippen LogP contribution is 2.25. The van der Waals surface area contributed by atoms with Crippen molar-refractivity contribution in [1.29, 1.82) is 0 Å². The molecule has 0 radical (unpaired) electrons. The maximum atomic E-state index is 12.7. The van der Waals surface area contributed by atoms with Gasteiger partial charge in [-0.05, 0) is 42.7 Å². The molecule has 2 aromatic rings. The average molecular weight is 465 g/mol.